The summed E-state index contributed by atoms with van der Waals surface area (Å²) in [7, 11) is 1.69. The highest BCUT2D eigenvalue weighted by atomic mass is 16.5. The molecule has 0 amide bonds. The van der Waals surface area contributed by atoms with E-state index in [1.807, 2.05) is 12.1 Å². The summed E-state index contributed by atoms with van der Waals surface area (Å²) in [6, 6.07) is 6.07. The van der Waals surface area contributed by atoms with Gasteiger partial charge in [0.1, 0.15) is 5.75 Å². The maximum atomic E-state index is 5.18. The molecule has 0 atom stereocenters. The number of hydrogen-bond acceptors (Lipinski definition) is 2. The van der Waals surface area contributed by atoms with Gasteiger partial charge in [0, 0.05) is 17.3 Å². The van der Waals surface area contributed by atoms with Gasteiger partial charge in [-0.15, -0.1) is 0 Å². The van der Waals surface area contributed by atoms with Crippen LogP contribution < -0.4 is 10.1 Å². The first kappa shape index (κ1) is 10.9. The molecule has 0 saturated heterocycles. The lowest BCUT2D eigenvalue weighted by molar-refractivity contribution is 0.415. The Kier molecular flexibility index (Phi) is 3.04. The Hall–Kier alpha value is -1.18. The molecule has 0 unspecified atom stereocenters. The number of benzene rings is 1. The first-order chi connectivity index (χ1) is 6.42. The van der Waals surface area contributed by atoms with Crippen LogP contribution in [0.4, 0.5) is 5.69 Å². The van der Waals surface area contributed by atoms with Gasteiger partial charge in [0.25, 0.3) is 0 Å². The summed E-state index contributed by atoms with van der Waals surface area (Å²) in [4.78, 5) is 0. The molecule has 78 valence electrons. The molecule has 0 aromatic heterocycles. The summed E-state index contributed by atoms with van der Waals surface area (Å²) in [5.41, 5.74) is 2.45. The van der Waals surface area contributed by atoms with Gasteiger partial charge in [-0.1, -0.05) is 6.07 Å². The average Bonchev–Trinajstić information content (AvgIpc) is 2.06. The van der Waals surface area contributed by atoms with Gasteiger partial charge in [0.05, 0.1) is 7.11 Å². The van der Waals surface area contributed by atoms with Gasteiger partial charge in [-0.2, -0.15) is 0 Å². The summed E-state index contributed by atoms with van der Waals surface area (Å²) < 4.78 is 5.18. The Labute approximate surface area is 86.3 Å². The molecule has 14 heavy (non-hydrogen) atoms. The zero-order chi connectivity index (χ0) is 10.8. The van der Waals surface area contributed by atoms with E-state index in [0.717, 1.165) is 11.4 Å². The summed E-state index contributed by atoms with van der Waals surface area (Å²) in [5.74, 6) is 0.891. The van der Waals surface area contributed by atoms with Crippen molar-refractivity contribution in [2.45, 2.75) is 33.2 Å². The lowest BCUT2D eigenvalue weighted by Crippen LogP contribution is -2.26. The molecule has 0 bridgehead atoms. The third-order valence-electron chi connectivity index (χ3n) is 1.95. The SMILES string of the molecule is COc1ccc(C)c(NC(C)(C)C)c1. The van der Waals surface area contributed by atoms with Crippen LogP contribution in [0.3, 0.4) is 0 Å². The number of ether oxygens (including phenoxy) is 1. The minimum Gasteiger partial charge on any atom is -0.497 e. The molecule has 0 fully saturated rings. The molecule has 0 aliphatic rings. The van der Waals surface area contributed by atoms with Crippen molar-refractivity contribution in [1.29, 1.82) is 0 Å². The van der Waals surface area contributed by atoms with Crippen LogP contribution in [-0.2, 0) is 0 Å². The first-order valence-electron chi connectivity index (χ1n) is 4.85. The highest BCUT2D eigenvalue weighted by Crippen LogP contribution is 2.24. The maximum absolute atomic E-state index is 5.18. The van der Waals surface area contributed by atoms with Crippen molar-refractivity contribution in [1.82, 2.24) is 0 Å². The predicted molar refractivity (Wildman–Crippen MR) is 61.1 cm³/mol. The molecule has 2 nitrogen and oxygen atoms in total. The second-order valence-electron chi connectivity index (χ2n) is 4.56. The molecule has 0 heterocycles. The van der Waals surface area contributed by atoms with E-state index in [1.165, 1.54) is 5.56 Å². The summed E-state index contributed by atoms with van der Waals surface area (Å²) in [5, 5.41) is 3.44. The largest absolute Gasteiger partial charge is 0.497 e. The highest BCUT2D eigenvalue weighted by molar-refractivity contribution is 5.55. The Morgan fingerprint density at radius 1 is 1.21 bits per heavy atom. The highest BCUT2D eigenvalue weighted by Gasteiger charge is 2.11. The van der Waals surface area contributed by atoms with Gasteiger partial charge >= 0.3 is 0 Å². The maximum Gasteiger partial charge on any atom is 0.120 e. The fourth-order valence-electron chi connectivity index (χ4n) is 1.27. The number of aryl methyl sites for hydroxylation is 1. The standard InChI is InChI=1S/C12H19NO/c1-9-6-7-10(14-5)8-11(9)13-12(2,3)4/h6-8,13H,1-5H3. The van der Waals surface area contributed by atoms with Gasteiger partial charge in [-0.05, 0) is 39.3 Å². The third kappa shape index (κ3) is 2.95. The number of rotatable bonds is 2. The topological polar surface area (TPSA) is 21.3 Å². The second-order valence-corrected chi connectivity index (χ2v) is 4.56. The zero-order valence-electron chi connectivity index (χ0n) is 9.64. The van der Waals surface area contributed by atoms with E-state index in [1.54, 1.807) is 7.11 Å². The summed E-state index contributed by atoms with van der Waals surface area (Å²) >= 11 is 0. The molecule has 1 aromatic rings. The molecule has 1 N–H and O–H groups in total. The molecule has 0 radical (unpaired) electrons. The van der Waals surface area contributed by atoms with E-state index in [0.29, 0.717) is 0 Å². The Morgan fingerprint density at radius 3 is 2.36 bits per heavy atom. The van der Waals surface area contributed by atoms with E-state index in [-0.39, 0.29) is 5.54 Å². The van der Waals surface area contributed by atoms with Crippen LogP contribution in [0.25, 0.3) is 0 Å². The number of anilines is 1. The predicted octanol–water partition coefficient (Wildman–Crippen LogP) is 3.21. The molecule has 0 aliphatic carbocycles. The third-order valence-corrected chi connectivity index (χ3v) is 1.95. The summed E-state index contributed by atoms with van der Waals surface area (Å²) in [6.45, 7) is 8.53. The Bertz CT molecular complexity index is 313. The van der Waals surface area contributed by atoms with Crippen LogP contribution in [-0.4, -0.2) is 12.6 Å². The molecule has 0 aliphatic heterocycles. The summed E-state index contributed by atoms with van der Waals surface area (Å²) in [6.07, 6.45) is 0. The quantitative estimate of drug-likeness (QED) is 0.778. The Morgan fingerprint density at radius 2 is 1.86 bits per heavy atom. The smallest absolute Gasteiger partial charge is 0.120 e. The first-order valence-corrected chi connectivity index (χ1v) is 4.85. The minimum atomic E-state index is 0.0805. The fraction of sp³-hybridized carbons (Fsp3) is 0.500. The molecule has 1 rings (SSSR count). The van der Waals surface area contributed by atoms with Gasteiger partial charge in [-0.25, -0.2) is 0 Å². The van der Waals surface area contributed by atoms with Crippen molar-refractivity contribution in [2.24, 2.45) is 0 Å². The molecule has 0 saturated carbocycles. The van der Waals surface area contributed by atoms with Crippen LogP contribution in [0.1, 0.15) is 26.3 Å². The van der Waals surface area contributed by atoms with Crippen LogP contribution in [0.5, 0.6) is 5.75 Å². The van der Waals surface area contributed by atoms with Crippen LogP contribution in [0, 0.1) is 6.92 Å². The Balaban J connectivity index is 2.95. The minimum absolute atomic E-state index is 0.0805. The van der Waals surface area contributed by atoms with Crippen LogP contribution >= 0.6 is 0 Å². The van der Waals surface area contributed by atoms with Crippen molar-refractivity contribution in [3.05, 3.63) is 23.8 Å². The van der Waals surface area contributed by atoms with Crippen LogP contribution in [0.2, 0.25) is 0 Å². The molecule has 1 aromatic carbocycles. The number of nitrogens with one attached hydrogen (secondary N) is 1. The van der Waals surface area contributed by atoms with Gasteiger partial charge < -0.3 is 10.1 Å². The average molecular weight is 193 g/mol. The van der Waals surface area contributed by atoms with E-state index >= 15 is 0 Å². The second kappa shape index (κ2) is 3.91. The molecule has 2 heteroatoms. The zero-order valence-corrected chi connectivity index (χ0v) is 9.64. The van der Waals surface area contributed by atoms with E-state index in [9.17, 15) is 0 Å². The van der Waals surface area contributed by atoms with Crippen molar-refractivity contribution in [3.63, 3.8) is 0 Å². The monoisotopic (exact) mass is 193 g/mol. The lowest BCUT2D eigenvalue weighted by atomic mass is 10.1. The molecule has 0 spiro atoms. The van der Waals surface area contributed by atoms with Crippen molar-refractivity contribution >= 4 is 5.69 Å². The van der Waals surface area contributed by atoms with Crippen molar-refractivity contribution in [3.8, 4) is 5.75 Å². The lowest BCUT2D eigenvalue weighted by Gasteiger charge is -2.23. The molecular weight excluding hydrogens is 174 g/mol. The number of hydrogen-bond donors (Lipinski definition) is 1. The van der Waals surface area contributed by atoms with Gasteiger partial charge in [0.15, 0.2) is 0 Å². The van der Waals surface area contributed by atoms with Crippen molar-refractivity contribution < 1.29 is 4.74 Å². The van der Waals surface area contributed by atoms with Gasteiger partial charge in [0.2, 0.25) is 0 Å². The normalized spacial score (nSPS) is 11.2. The van der Waals surface area contributed by atoms with Crippen molar-refractivity contribution in [2.75, 3.05) is 12.4 Å². The fourth-order valence-corrected chi connectivity index (χ4v) is 1.27. The van der Waals surface area contributed by atoms with E-state index < -0.39 is 0 Å². The van der Waals surface area contributed by atoms with E-state index in [2.05, 4.69) is 39.1 Å². The molecular formula is C12H19NO. The van der Waals surface area contributed by atoms with Crippen LogP contribution in [0.15, 0.2) is 18.2 Å². The van der Waals surface area contributed by atoms with Gasteiger partial charge in [-0.3, -0.25) is 0 Å². The van der Waals surface area contributed by atoms with E-state index in [4.69, 9.17) is 4.74 Å². The number of methoxy groups -OCH3 is 1.